The van der Waals surface area contributed by atoms with E-state index in [4.69, 9.17) is 21.5 Å². The molecule has 1 fully saturated rings. The van der Waals surface area contributed by atoms with Crippen LogP contribution in [0, 0.1) is 5.92 Å². The minimum atomic E-state index is -0.553. The van der Waals surface area contributed by atoms with Gasteiger partial charge in [-0.3, -0.25) is 9.59 Å². The number of aliphatic hydroxyl groups is 1. The molecule has 7 heteroatoms. The predicted molar refractivity (Wildman–Crippen MR) is 83.6 cm³/mol. The maximum Gasteiger partial charge on any atom is 0.290 e. The number of likely N-dealkylation sites (tertiary alicyclic amines) is 1. The quantitative estimate of drug-likeness (QED) is 0.719. The van der Waals surface area contributed by atoms with Crippen molar-refractivity contribution in [2.45, 2.75) is 19.1 Å². The molecule has 1 aliphatic heterocycles. The molecule has 1 aliphatic rings. The van der Waals surface area contributed by atoms with Gasteiger partial charge in [0.1, 0.15) is 0 Å². The van der Waals surface area contributed by atoms with Crippen molar-refractivity contribution in [2.24, 2.45) is 5.92 Å². The van der Waals surface area contributed by atoms with Crippen molar-refractivity contribution < 1.29 is 19.8 Å². The first kappa shape index (κ1) is 18.4. The Bertz CT molecular complexity index is 498. The van der Waals surface area contributed by atoms with Crippen molar-refractivity contribution >= 4 is 24.0 Å². The highest BCUT2D eigenvalue weighted by Gasteiger charge is 2.31. The lowest BCUT2D eigenvalue weighted by Gasteiger charge is -2.32. The van der Waals surface area contributed by atoms with Crippen LogP contribution in [0.5, 0.6) is 0 Å². The summed E-state index contributed by atoms with van der Waals surface area (Å²) < 4.78 is 0. The molecule has 0 aliphatic carbocycles. The van der Waals surface area contributed by atoms with E-state index in [1.54, 1.807) is 6.07 Å². The number of hydrogen-bond donors (Lipinski definition) is 3. The van der Waals surface area contributed by atoms with Crippen molar-refractivity contribution in [1.29, 1.82) is 0 Å². The topological polar surface area (TPSA) is 89.9 Å². The average Bonchev–Trinajstić information content (AvgIpc) is 2.49. The number of nitrogens with zero attached hydrogens (tertiary/aromatic N) is 1. The first-order valence-electron chi connectivity index (χ1n) is 6.95. The van der Waals surface area contributed by atoms with E-state index in [0.29, 0.717) is 24.5 Å². The summed E-state index contributed by atoms with van der Waals surface area (Å²) in [6, 6.07) is 7.42. The lowest BCUT2D eigenvalue weighted by Crippen LogP contribution is -2.48. The highest BCUT2D eigenvalue weighted by molar-refractivity contribution is 6.31. The Morgan fingerprint density at radius 2 is 2.14 bits per heavy atom. The number of carbonyl (C=O) groups excluding carboxylic acids is 1. The molecule has 0 unspecified atom stereocenters. The molecule has 1 aromatic rings. The monoisotopic (exact) mass is 328 g/mol. The fourth-order valence-electron chi connectivity index (χ4n) is 2.32. The van der Waals surface area contributed by atoms with Crippen LogP contribution in [-0.4, -0.2) is 53.7 Å². The molecule has 0 aromatic heterocycles. The molecule has 6 nitrogen and oxygen atoms in total. The van der Waals surface area contributed by atoms with Crippen LogP contribution in [0.2, 0.25) is 5.02 Å². The van der Waals surface area contributed by atoms with Crippen LogP contribution in [0.1, 0.15) is 12.0 Å². The van der Waals surface area contributed by atoms with Gasteiger partial charge in [0.2, 0.25) is 5.91 Å². The third-order valence-corrected chi connectivity index (χ3v) is 3.90. The number of piperidine rings is 1. The van der Waals surface area contributed by atoms with E-state index < -0.39 is 6.10 Å². The molecule has 122 valence electrons. The van der Waals surface area contributed by atoms with Gasteiger partial charge in [-0.2, -0.15) is 0 Å². The summed E-state index contributed by atoms with van der Waals surface area (Å²) in [6.45, 7) is 1.57. The highest BCUT2D eigenvalue weighted by Crippen LogP contribution is 2.18. The number of nitrogens with one attached hydrogen (secondary N) is 1. The molecule has 1 aromatic carbocycles. The fraction of sp³-hybridized carbons (Fsp3) is 0.467. The average molecular weight is 329 g/mol. The second kappa shape index (κ2) is 9.40. The van der Waals surface area contributed by atoms with Gasteiger partial charge in [0, 0.05) is 24.7 Å². The van der Waals surface area contributed by atoms with E-state index >= 15 is 0 Å². The Balaban J connectivity index is 0.000000745. The second-order valence-corrected chi connectivity index (χ2v) is 5.55. The summed E-state index contributed by atoms with van der Waals surface area (Å²) >= 11 is 6.04. The zero-order valence-corrected chi connectivity index (χ0v) is 13.2. The van der Waals surface area contributed by atoms with Gasteiger partial charge >= 0.3 is 0 Å². The maximum absolute atomic E-state index is 12.1. The molecule has 0 bridgehead atoms. The van der Waals surface area contributed by atoms with Crippen molar-refractivity contribution in [3.05, 3.63) is 34.9 Å². The first-order chi connectivity index (χ1) is 10.5. The van der Waals surface area contributed by atoms with Crippen LogP contribution in [0.15, 0.2) is 24.3 Å². The molecule has 2 atom stereocenters. The second-order valence-electron chi connectivity index (χ2n) is 5.14. The summed E-state index contributed by atoms with van der Waals surface area (Å²) in [5.41, 5.74) is 0.885. The Labute approximate surface area is 134 Å². The van der Waals surface area contributed by atoms with E-state index in [9.17, 15) is 9.90 Å². The lowest BCUT2D eigenvalue weighted by molar-refractivity contribution is -0.131. The molecule has 22 heavy (non-hydrogen) atoms. The largest absolute Gasteiger partial charge is 0.483 e. The van der Waals surface area contributed by atoms with E-state index in [0.717, 1.165) is 12.1 Å². The van der Waals surface area contributed by atoms with E-state index in [-0.39, 0.29) is 18.3 Å². The molecule has 0 spiro atoms. The van der Waals surface area contributed by atoms with E-state index in [1.807, 2.05) is 25.2 Å². The molecular formula is C15H21ClN2O4. The Morgan fingerprint density at radius 3 is 2.77 bits per heavy atom. The molecule has 2 rings (SSSR count). The lowest BCUT2D eigenvalue weighted by atomic mass is 9.94. The Hall–Kier alpha value is -1.63. The van der Waals surface area contributed by atoms with Crippen LogP contribution in [0.4, 0.5) is 0 Å². The third kappa shape index (κ3) is 5.63. The third-order valence-electron chi connectivity index (χ3n) is 3.53. The van der Waals surface area contributed by atoms with Gasteiger partial charge in [-0.05, 0) is 25.1 Å². The molecule has 1 amide bonds. The predicted octanol–water partition coefficient (Wildman–Crippen LogP) is 0.970. The van der Waals surface area contributed by atoms with E-state index in [2.05, 4.69) is 10.2 Å². The number of aliphatic hydroxyl groups excluding tert-OH is 1. The standard InChI is InChI=1S/C14H19ClN2O2.CH2O2/c1-17-7-6-13(18)11(9-17)14(19)16-8-10-4-2-3-5-12(10)15;2-1-3/h2-5,11,13,18H,6-9H2,1H3,(H,16,19);1H,(H,2,3)/t11-,13-;/m1./s1. The van der Waals surface area contributed by atoms with Crippen molar-refractivity contribution in [1.82, 2.24) is 10.2 Å². The van der Waals surface area contributed by atoms with Gasteiger partial charge < -0.3 is 20.4 Å². The summed E-state index contributed by atoms with van der Waals surface area (Å²) in [5, 5.41) is 20.3. The summed E-state index contributed by atoms with van der Waals surface area (Å²) in [6.07, 6.45) is 0.0863. The van der Waals surface area contributed by atoms with Gasteiger partial charge in [0.25, 0.3) is 6.47 Å². The van der Waals surface area contributed by atoms with Gasteiger partial charge in [-0.1, -0.05) is 29.8 Å². The summed E-state index contributed by atoms with van der Waals surface area (Å²) in [4.78, 5) is 22.5. The number of benzene rings is 1. The van der Waals surface area contributed by atoms with Gasteiger partial charge in [0.05, 0.1) is 12.0 Å². The minimum Gasteiger partial charge on any atom is -0.483 e. The number of carbonyl (C=O) groups is 2. The van der Waals surface area contributed by atoms with Crippen LogP contribution < -0.4 is 5.32 Å². The normalized spacial score (nSPS) is 21.4. The zero-order chi connectivity index (χ0) is 16.5. The number of halogens is 1. The van der Waals surface area contributed by atoms with Gasteiger partial charge in [-0.25, -0.2) is 0 Å². The van der Waals surface area contributed by atoms with Crippen LogP contribution in [0.3, 0.4) is 0 Å². The van der Waals surface area contributed by atoms with Gasteiger partial charge in [-0.15, -0.1) is 0 Å². The van der Waals surface area contributed by atoms with Crippen molar-refractivity contribution in [3.8, 4) is 0 Å². The molecule has 0 saturated carbocycles. The SMILES string of the molecule is CN1CC[C@@H](O)[C@H](C(=O)NCc2ccccc2Cl)C1.O=CO. The molecule has 1 saturated heterocycles. The van der Waals surface area contributed by atoms with Crippen molar-refractivity contribution in [3.63, 3.8) is 0 Å². The Morgan fingerprint density at radius 1 is 1.50 bits per heavy atom. The number of carboxylic acid groups (broad SMARTS) is 1. The van der Waals surface area contributed by atoms with Crippen LogP contribution in [0.25, 0.3) is 0 Å². The molecule has 3 N–H and O–H groups in total. The number of hydrogen-bond acceptors (Lipinski definition) is 4. The van der Waals surface area contributed by atoms with Crippen molar-refractivity contribution in [2.75, 3.05) is 20.1 Å². The summed E-state index contributed by atoms with van der Waals surface area (Å²) in [7, 11) is 1.96. The van der Waals surface area contributed by atoms with E-state index in [1.165, 1.54) is 0 Å². The molecular weight excluding hydrogens is 308 g/mol. The van der Waals surface area contributed by atoms with Crippen LogP contribution in [-0.2, 0) is 16.1 Å². The minimum absolute atomic E-state index is 0.112. The molecule has 1 heterocycles. The van der Waals surface area contributed by atoms with Gasteiger partial charge in [0.15, 0.2) is 0 Å². The molecule has 0 radical (unpaired) electrons. The number of amides is 1. The summed E-state index contributed by atoms with van der Waals surface area (Å²) in [5.74, 6) is -0.472. The first-order valence-corrected chi connectivity index (χ1v) is 7.33. The highest BCUT2D eigenvalue weighted by atomic mass is 35.5. The fourth-order valence-corrected chi connectivity index (χ4v) is 2.52. The Kier molecular flexibility index (Phi) is 7.87. The smallest absolute Gasteiger partial charge is 0.290 e. The maximum atomic E-state index is 12.1. The number of rotatable bonds is 3. The van der Waals surface area contributed by atoms with Crippen LogP contribution >= 0.6 is 11.6 Å². The zero-order valence-electron chi connectivity index (χ0n) is 12.4.